The van der Waals surface area contributed by atoms with E-state index in [9.17, 15) is 36.6 Å². The summed E-state index contributed by atoms with van der Waals surface area (Å²) in [5.41, 5.74) is 2.40. The number of azo groups is 4. The molecule has 0 spiro atoms. The summed E-state index contributed by atoms with van der Waals surface area (Å²) in [5, 5.41) is 72.5. The van der Waals surface area contributed by atoms with Crippen LogP contribution in [0, 0.1) is 0 Å². The van der Waals surface area contributed by atoms with Crippen molar-refractivity contribution >= 4 is 77.7 Å². The van der Waals surface area contributed by atoms with E-state index in [0.717, 1.165) is 24.3 Å². The summed E-state index contributed by atoms with van der Waals surface area (Å²) >= 11 is 0. The van der Waals surface area contributed by atoms with Crippen molar-refractivity contribution in [2.45, 2.75) is 9.79 Å². The molecule has 0 saturated heterocycles. The van der Waals surface area contributed by atoms with Crippen molar-refractivity contribution in [2.75, 3.05) is 0 Å². The summed E-state index contributed by atoms with van der Waals surface area (Å²) in [6, 6.07) is 30.6. The zero-order valence-corrected chi connectivity index (χ0v) is 37.8. The number of aromatic carboxylic acids is 2. The van der Waals surface area contributed by atoms with Crippen LogP contribution in [0.2, 0.25) is 0 Å². The summed E-state index contributed by atoms with van der Waals surface area (Å²) < 4.78 is 61.9. The van der Waals surface area contributed by atoms with Gasteiger partial charge in [0.1, 0.15) is 0 Å². The number of carboxylic acids is 2. The number of benzene rings is 6. The molecule has 0 aliphatic carbocycles. The predicted molar refractivity (Wildman–Crippen MR) is 208 cm³/mol. The van der Waals surface area contributed by atoms with Gasteiger partial charge in [0, 0.05) is 0 Å². The van der Waals surface area contributed by atoms with Crippen molar-refractivity contribution < 1.29 is 115 Å². The average molecular weight is 897 g/mol. The van der Waals surface area contributed by atoms with Crippen LogP contribution in [0.15, 0.2) is 184 Å². The van der Waals surface area contributed by atoms with Gasteiger partial charge in [-0.15, -0.1) is 0 Å². The van der Waals surface area contributed by atoms with Crippen LogP contribution >= 0.6 is 0 Å². The normalized spacial score (nSPS) is 11.5. The number of nitrogens with zero attached hydrogens (tertiary/aromatic N) is 8. The summed E-state index contributed by atoms with van der Waals surface area (Å²) in [4.78, 5) is 21.5. The van der Waals surface area contributed by atoms with Gasteiger partial charge in [-0.3, -0.25) is 9.11 Å². The second-order valence-corrected chi connectivity index (χ2v) is 14.6. The van der Waals surface area contributed by atoms with E-state index in [1.54, 1.807) is 48.5 Å². The fourth-order valence-electron chi connectivity index (χ4n) is 4.50. The van der Waals surface area contributed by atoms with Gasteiger partial charge in [-0.25, -0.2) is 9.59 Å². The second-order valence-electron chi connectivity index (χ2n) is 11.7. The van der Waals surface area contributed by atoms with E-state index in [4.69, 9.17) is 19.3 Å². The molecule has 0 unspecified atom stereocenters. The van der Waals surface area contributed by atoms with Crippen LogP contribution in [0.25, 0.3) is 0 Å². The Morgan fingerprint density at radius 2 is 0.565 bits per heavy atom. The Labute approximate surface area is 396 Å². The van der Waals surface area contributed by atoms with Crippen LogP contribution in [0.3, 0.4) is 0 Å². The molecule has 6 aromatic carbocycles. The van der Waals surface area contributed by atoms with Crippen molar-refractivity contribution in [3.05, 3.63) is 145 Å². The first-order valence-electron chi connectivity index (χ1n) is 16.6. The fraction of sp³-hybridized carbons (Fsp3) is 0. The predicted octanol–water partition coefficient (Wildman–Crippen LogP) is 3.08. The van der Waals surface area contributed by atoms with Crippen molar-refractivity contribution in [3.8, 4) is 11.5 Å². The van der Waals surface area contributed by atoms with E-state index < -0.39 is 43.7 Å². The summed E-state index contributed by atoms with van der Waals surface area (Å²) in [7, 11) is -8.52. The summed E-state index contributed by atoms with van der Waals surface area (Å²) in [6.07, 6.45) is 0. The third kappa shape index (κ3) is 15.2. The second kappa shape index (κ2) is 22.8. The minimum Gasteiger partial charge on any atom is -0.872 e. The first-order chi connectivity index (χ1) is 28.4. The molecule has 4 N–H and O–H groups in total. The monoisotopic (exact) mass is 896 g/mol. The number of hydrogen-bond acceptors (Lipinski definition) is 16. The summed E-state index contributed by atoms with van der Waals surface area (Å²) in [6.45, 7) is 0. The molecule has 0 aliphatic rings. The third-order valence-corrected chi connectivity index (χ3v) is 9.22. The molecule has 0 aromatic heterocycles. The average Bonchev–Trinajstić information content (AvgIpc) is 3.22. The topological polar surface area (TPSA) is 328 Å². The number of carbonyl (C=O) groups is 2. The van der Waals surface area contributed by atoms with Gasteiger partial charge in [-0.05, 0) is 121 Å². The van der Waals surface area contributed by atoms with Crippen LogP contribution in [0.5, 0.6) is 11.5 Å². The van der Waals surface area contributed by atoms with Crippen LogP contribution < -0.4 is 69.3 Å². The largest absolute Gasteiger partial charge is 1.00 e. The van der Waals surface area contributed by atoms with Gasteiger partial charge < -0.3 is 20.4 Å². The molecule has 6 aromatic rings. The maximum Gasteiger partial charge on any atom is 1.00 e. The Hall–Kier alpha value is -5.92. The Kier molecular flexibility index (Phi) is 18.5. The maximum atomic E-state index is 11.4. The minimum absolute atomic E-state index is 0. The van der Waals surface area contributed by atoms with Crippen LogP contribution in [0.4, 0.5) is 45.5 Å². The maximum absolute atomic E-state index is 11.4. The first kappa shape index (κ1) is 50.4. The molecule has 20 nitrogen and oxygen atoms in total. The Bertz CT molecular complexity index is 2690. The molecule has 0 bridgehead atoms. The van der Waals surface area contributed by atoms with Crippen molar-refractivity contribution in [1.82, 2.24) is 0 Å². The Morgan fingerprint density at radius 3 is 0.774 bits per heavy atom. The van der Waals surface area contributed by atoms with Crippen molar-refractivity contribution in [3.63, 3.8) is 0 Å². The summed E-state index contributed by atoms with van der Waals surface area (Å²) in [5.74, 6) is -3.88. The van der Waals surface area contributed by atoms with Crippen LogP contribution in [-0.4, -0.2) is 48.1 Å². The van der Waals surface area contributed by atoms with Gasteiger partial charge >= 0.3 is 71.1 Å². The van der Waals surface area contributed by atoms with E-state index in [0.29, 0.717) is 34.1 Å². The molecule has 0 saturated carbocycles. The molecule has 0 fully saturated rings. The van der Waals surface area contributed by atoms with Gasteiger partial charge in [-0.2, -0.15) is 57.7 Å². The molecule has 24 heteroatoms. The zero-order valence-electron chi connectivity index (χ0n) is 32.2. The van der Waals surface area contributed by atoms with Crippen LogP contribution in [0.1, 0.15) is 20.7 Å². The van der Waals surface area contributed by atoms with Gasteiger partial charge in [-0.1, -0.05) is 23.6 Å². The third-order valence-electron chi connectivity index (χ3n) is 7.48. The molecular weight excluding hydrogens is 871 g/mol. The Balaban J connectivity index is 0.000000320. The quantitative estimate of drug-likeness (QED) is 0.0782. The molecule has 0 heterocycles. The van der Waals surface area contributed by atoms with E-state index in [1.165, 1.54) is 60.7 Å². The van der Waals surface area contributed by atoms with Gasteiger partial charge in [0.15, 0.2) is 0 Å². The van der Waals surface area contributed by atoms with E-state index in [2.05, 4.69) is 40.9 Å². The standard InChI is InChI=1S/2C19H14N4O6S.2Na/c2*24-18-10-7-15(11-17(18)19(25)26)23-22-13-3-1-12(2-4-13)20-21-14-5-8-16(9-6-14)30(27,28)29;;/h2*1-11,24H,(H,25,26)(H,27,28,29);;/q;;2*+1/p-2. The Morgan fingerprint density at radius 1 is 0.371 bits per heavy atom. The smallest absolute Gasteiger partial charge is 0.872 e. The number of carboxylic acid groups (broad SMARTS) is 2. The zero-order chi connectivity index (χ0) is 43.5. The number of rotatable bonds is 12. The minimum atomic E-state index is -4.26. The molecule has 0 amide bonds. The number of hydrogen-bond donors (Lipinski definition) is 4. The molecule has 304 valence electrons. The van der Waals surface area contributed by atoms with E-state index >= 15 is 0 Å². The van der Waals surface area contributed by atoms with E-state index in [1.807, 2.05) is 0 Å². The fourth-order valence-corrected chi connectivity index (χ4v) is 5.46. The molecule has 0 radical (unpaired) electrons. The van der Waals surface area contributed by atoms with Crippen molar-refractivity contribution in [1.29, 1.82) is 0 Å². The SMILES string of the molecule is O=C(O)c1cc(N=Nc2ccc(N=Nc3ccc(S(=O)(=O)O)cc3)cc2)ccc1[O-].O=C(O)c1cc(N=Nc2ccc(N=Nc3ccc(S(=O)(=O)O)cc3)cc2)ccc1[O-].[Na+].[Na+]. The first-order valence-corrected chi connectivity index (χ1v) is 19.4. The van der Waals surface area contributed by atoms with Crippen LogP contribution in [-0.2, 0) is 20.2 Å². The van der Waals surface area contributed by atoms with Crippen molar-refractivity contribution in [2.24, 2.45) is 40.9 Å². The molecule has 6 rings (SSSR count). The molecule has 0 aliphatic heterocycles. The molecule has 0 atom stereocenters. The van der Waals surface area contributed by atoms with E-state index in [-0.39, 0.29) is 91.4 Å². The van der Waals surface area contributed by atoms with Gasteiger partial charge in [0.2, 0.25) is 0 Å². The molecule has 62 heavy (non-hydrogen) atoms. The van der Waals surface area contributed by atoms with Gasteiger partial charge in [0.25, 0.3) is 20.2 Å². The molecular formula is C38H26N8Na2O12S2. The van der Waals surface area contributed by atoms with Gasteiger partial charge in [0.05, 0.1) is 66.4 Å².